The van der Waals surface area contributed by atoms with E-state index < -0.39 is 5.60 Å². The lowest BCUT2D eigenvalue weighted by Crippen LogP contribution is -2.56. The number of hydrogen-bond acceptors (Lipinski definition) is 4. The number of β-amino-alcohol motifs (C(OH)–C–C–N with tert-alkyl or cyclic N) is 1. The summed E-state index contributed by atoms with van der Waals surface area (Å²) < 4.78 is 1.14. The largest absolute Gasteiger partial charge is 0.380 e. The molecule has 0 amide bonds. The lowest BCUT2D eigenvalue weighted by atomic mass is 9.99. The highest BCUT2D eigenvalue weighted by Crippen LogP contribution is 2.32. The standard InChI is InChI=1S/C10H10N2OS/c13-10(5-11-6-10)9-12-7-3-1-2-4-8(7)14-9/h1-4,11,13H,5-6H2. The highest BCUT2D eigenvalue weighted by Gasteiger charge is 2.39. The molecule has 0 bridgehead atoms. The van der Waals surface area contributed by atoms with Gasteiger partial charge in [0.15, 0.2) is 0 Å². The van der Waals surface area contributed by atoms with Crippen LogP contribution in [-0.2, 0) is 5.60 Å². The molecule has 0 radical (unpaired) electrons. The van der Waals surface area contributed by atoms with Crippen molar-refractivity contribution >= 4 is 21.6 Å². The van der Waals surface area contributed by atoms with Gasteiger partial charge in [0, 0.05) is 13.1 Å². The third kappa shape index (κ3) is 1.08. The molecule has 4 heteroatoms. The average molecular weight is 206 g/mol. The maximum atomic E-state index is 10.1. The number of rotatable bonds is 1. The molecular weight excluding hydrogens is 196 g/mol. The summed E-state index contributed by atoms with van der Waals surface area (Å²) in [5.41, 5.74) is 0.261. The van der Waals surface area contributed by atoms with E-state index >= 15 is 0 Å². The number of aliphatic hydroxyl groups is 1. The summed E-state index contributed by atoms with van der Waals surface area (Å²) in [5, 5.41) is 14.0. The van der Waals surface area contributed by atoms with Crippen LogP contribution in [0, 0.1) is 0 Å². The van der Waals surface area contributed by atoms with Gasteiger partial charge in [-0.1, -0.05) is 12.1 Å². The molecular formula is C10H10N2OS. The molecule has 2 N–H and O–H groups in total. The lowest BCUT2D eigenvalue weighted by Gasteiger charge is -2.35. The normalized spacial score (nSPS) is 19.5. The Hall–Kier alpha value is -0.970. The maximum Gasteiger partial charge on any atom is 0.141 e. The number of aromatic nitrogens is 1. The second kappa shape index (κ2) is 2.76. The van der Waals surface area contributed by atoms with Gasteiger partial charge in [0.25, 0.3) is 0 Å². The van der Waals surface area contributed by atoms with Gasteiger partial charge in [-0.15, -0.1) is 11.3 Å². The topological polar surface area (TPSA) is 45.2 Å². The van der Waals surface area contributed by atoms with E-state index in [0.29, 0.717) is 13.1 Å². The summed E-state index contributed by atoms with van der Waals surface area (Å²) in [6.45, 7) is 1.24. The van der Waals surface area contributed by atoms with Gasteiger partial charge in [-0.2, -0.15) is 0 Å². The van der Waals surface area contributed by atoms with Crippen LogP contribution in [0.4, 0.5) is 0 Å². The van der Waals surface area contributed by atoms with Crippen LogP contribution in [0.5, 0.6) is 0 Å². The number of hydrogen-bond donors (Lipinski definition) is 2. The molecule has 1 aromatic carbocycles. The van der Waals surface area contributed by atoms with Crippen molar-refractivity contribution in [1.29, 1.82) is 0 Å². The maximum absolute atomic E-state index is 10.1. The first kappa shape index (κ1) is 8.35. The van der Waals surface area contributed by atoms with Crippen molar-refractivity contribution in [2.24, 2.45) is 0 Å². The van der Waals surface area contributed by atoms with Gasteiger partial charge < -0.3 is 10.4 Å². The van der Waals surface area contributed by atoms with Gasteiger partial charge in [-0.3, -0.25) is 0 Å². The van der Waals surface area contributed by atoms with E-state index in [-0.39, 0.29) is 0 Å². The summed E-state index contributed by atoms with van der Waals surface area (Å²) >= 11 is 1.58. The summed E-state index contributed by atoms with van der Waals surface area (Å²) in [5.74, 6) is 0. The van der Waals surface area contributed by atoms with E-state index in [1.807, 2.05) is 24.3 Å². The number of thiazole rings is 1. The number of nitrogens with one attached hydrogen (secondary N) is 1. The first-order chi connectivity index (χ1) is 6.78. The van der Waals surface area contributed by atoms with E-state index in [9.17, 15) is 5.11 Å². The highest BCUT2D eigenvalue weighted by atomic mass is 32.1. The first-order valence-corrected chi connectivity index (χ1v) is 5.39. The number of para-hydroxylation sites is 1. The van der Waals surface area contributed by atoms with E-state index in [1.54, 1.807) is 11.3 Å². The summed E-state index contributed by atoms with van der Waals surface area (Å²) in [6.07, 6.45) is 0. The summed E-state index contributed by atoms with van der Waals surface area (Å²) in [6, 6.07) is 7.97. The molecule has 2 heterocycles. The Morgan fingerprint density at radius 3 is 2.79 bits per heavy atom. The Balaban J connectivity index is 2.14. The average Bonchev–Trinajstić information content (AvgIpc) is 2.57. The summed E-state index contributed by atoms with van der Waals surface area (Å²) in [7, 11) is 0. The zero-order chi connectivity index (χ0) is 9.60. The van der Waals surface area contributed by atoms with Gasteiger partial charge in [0.1, 0.15) is 10.6 Å². The Bertz CT molecular complexity index is 443. The third-order valence-corrected chi connectivity index (χ3v) is 3.76. The molecule has 0 saturated carbocycles. The summed E-state index contributed by atoms with van der Waals surface area (Å²) in [4.78, 5) is 4.44. The van der Waals surface area contributed by atoms with Crippen molar-refractivity contribution in [3.8, 4) is 0 Å². The predicted octanol–water partition coefficient (Wildman–Crippen LogP) is 1.09. The van der Waals surface area contributed by atoms with E-state index in [0.717, 1.165) is 15.2 Å². The molecule has 0 atom stereocenters. The minimum atomic E-state index is -0.719. The van der Waals surface area contributed by atoms with E-state index in [2.05, 4.69) is 10.3 Å². The molecule has 2 aromatic rings. The fourth-order valence-electron chi connectivity index (χ4n) is 1.58. The smallest absolute Gasteiger partial charge is 0.141 e. The fourth-order valence-corrected chi connectivity index (χ4v) is 2.64. The Morgan fingerprint density at radius 2 is 2.14 bits per heavy atom. The van der Waals surface area contributed by atoms with Crippen LogP contribution in [-0.4, -0.2) is 23.2 Å². The molecule has 3 rings (SSSR count). The van der Waals surface area contributed by atoms with E-state index in [1.165, 1.54) is 0 Å². The molecule has 14 heavy (non-hydrogen) atoms. The van der Waals surface area contributed by atoms with Crippen LogP contribution in [0.2, 0.25) is 0 Å². The molecule has 0 spiro atoms. The number of fused-ring (bicyclic) bond motifs is 1. The molecule has 0 aliphatic carbocycles. The van der Waals surface area contributed by atoms with Gasteiger partial charge in [0.05, 0.1) is 10.2 Å². The molecule has 0 unspecified atom stereocenters. The zero-order valence-electron chi connectivity index (χ0n) is 7.53. The second-order valence-corrected chi connectivity index (χ2v) is 4.65. The number of benzene rings is 1. The van der Waals surface area contributed by atoms with Crippen LogP contribution in [0.25, 0.3) is 10.2 Å². The SMILES string of the molecule is OC1(c2nc3ccccc3s2)CNC1. The Labute approximate surface area is 85.4 Å². The fraction of sp³-hybridized carbons (Fsp3) is 0.300. The Morgan fingerprint density at radius 1 is 1.36 bits per heavy atom. The van der Waals surface area contributed by atoms with Gasteiger partial charge in [-0.25, -0.2) is 4.98 Å². The highest BCUT2D eigenvalue weighted by molar-refractivity contribution is 7.18. The van der Waals surface area contributed by atoms with Crippen LogP contribution >= 0.6 is 11.3 Å². The quantitative estimate of drug-likeness (QED) is 0.734. The Kier molecular flexibility index (Phi) is 1.65. The molecule has 1 fully saturated rings. The monoisotopic (exact) mass is 206 g/mol. The van der Waals surface area contributed by atoms with Crippen molar-refractivity contribution in [1.82, 2.24) is 10.3 Å². The molecule has 1 aliphatic heterocycles. The van der Waals surface area contributed by atoms with Gasteiger partial charge >= 0.3 is 0 Å². The third-order valence-electron chi connectivity index (χ3n) is 2.53. The minimum Gasteiger partial charge on any atom is -0.380 e. The molecule has 1 aliphatic rings. The number of nitrogens with zero attached hydrogens (tertiary/aromatic N) is 1. The van der Waals surface area contributed by atoms with Crippen molar-refractivity contribution in [2.75, 3.05) is 13.1 Å². The van der Waals surface area contributed by atoms with Crippen molar-refractivity contribution in [3.63, 3.8) is 0 Å². The van der Waals surface area contributed by atoms with Gasteiger partial charge in [-0.05, 0) is 12.1 Å². The lowest BCUT2D eigenvalue weighted by molar-refractivity contribution is -0.0146. The van der Waals surface area contributed by atoms with Crippen LogP contribution in [0.1, 0.15) is 5.01 Å². The molecule has 1 aromatic heterocycles. The van der Waals surface area contributed by atoms with Crippen LogP contribution < -0.4 is 5.32 Å². The zero-order valence-corrected chi connectivity index (χ0v) is 8.34. The molecule has 72 valence electrons. The predicted molar refractivity (Wildman–Crippen MR) is 56.4 cm³/mol. The van der Waals surface area contributed by atoms with Crippen molar-refractivity contribution in [3.05, 3.63) is 29.3 Å². The van der Waals surface area contributed by atoms with Crippen LogP contribution in [0.3, 0.4) is 0 Å². The van der Waals surface area contributed by atoms with Gasteiger partial charge in [0.2, 0.25) is 0 Å². The van der Waals surface area contributed by atoms with Crippen molar-refractivity contribution < 1.29 is 5.11 Å². The first-order valence-electron chi connectivity index (χ1n) is 4.57. The molecule has 1 saturated heterocycles. The van der Waals surface area contributed by atoms with Crippen LogP contribution in [0.15, 0.2) is 24.3 Å². The van der Waals surface area contributed by atoms with E-state index in [4.69, 9.17) is 0 Å². The minimum absolute atomic E-state index is 0.618. The second-order valence-electron chi connectivity index (χ2n) is 3.62. The molecule has 3 nitrogen and oxygen atoms in total. The van der Waals surface area contributed by atoms with Crippen molar-refractivity contribution in [2.45, 2.75) is 5.60 Å².